The van der Waals surface area contributed by atoms with E-state index >= 15 is 0 Å². The number of aromatic nitrogens is 4. The van der Waals surface area contributed by atoms with Crippen LogP contribution in [0.3, 0.4) is 0 Å². The van der Waals surface area contributed by atoms with Crippen molar-refractivity contribution in [1.82, 2.24) is 19.5 Å². The first-order chi connectivity index (χ1) is 15.7. The Labute approximate surface area is 183 Å². The molecule has 5 rings (SSSR count). The van der Waals surface area contributed by atoms with E-state index < -0.39 is 24.5 Å². The van der Waals surface area contributed by atoms with Gasteiger partial charge >= 0.3 is 0 Å². The molecule has 1 saturated heterocycles. The Balaban J connectivity index is 1.33. The predicted molar refractivity (Wildman–Crippen MR) is 112 cm³/mol. The maximum atomic E-state index is 10.6. The Morgan fingerprint density at radius 2 is 2.03 bits per heavy atom. The molecular weight excluding hydrogens is 418 g/mol. The molecule has 4 atom stereocenters. The maximum Gasteiger partial charge on any atom is 0.231 e. The molecule has 0 amide bonds. The zero-order valence-electron chi connectivity index (χ0n) is 17.5. The second-order valence-corrected chi connectivity index (χ2v) is 7.71. The number of aliphatic hydroxyl groups is 2. The van der Waals surface area contributed by atoms with E-state index in [0.29, 0.717) is 35.9 Å². The van der Waals surface area contributed by atoms with Gasteiger partial charge in [0.1, 0.15) is 24.6 Å². The van der Waals surface area contributed by atoms with Gasteiger partial charge in [0.15, 0.2) is 34.7 Å². The number of nitrogens with one attached hydrogen (secondary N) is 1. The Bertz CT molecular complexity index is 1090. The van der Waals surface area contributed by atoms with Crippen LogP contribution in [-0.4, -0.2) is 68.1 Å². The van der Waals surface area contributed by atoms with Crippen LogP contribution < -0.4 is 14.8 Å². The highest BCUT2D eigenvalue weighted by molar-refractivity contribution is 5.82. The molecule has 3 aromatic rings. The summed E-state index contributed by atoms with van der Waals surface area (Å²) in [4.78, 5) is 13.0. The zero-order valence-corrected chi connectivity index (χ0v) is 17.5. The standard InChI is InChI=1S/C21H25N5O6/c1-2-5-29-8-15-17(27)18(28)21(32-15)26-10-25-16-19(23-9-24-20(16)26)22-7-12-3-4-13-14(6-12)31-11-30-13/h3-4,6,9-10,15,17-18,21,27-28H,2,5,7-8,11H2,1H3,(H,22,23,24). The molecule has 4 unspecified atom stereocenters. The van der Waals surface area contributed by atoms with Gasteiger partial charge in [-0.15, -0.1) is 0 Å². The normalized spacial score (nSPS) is 24.3. The van der Waals surface area contributed by atoms with E-state index in [4.69, 9.17) is 18.9 Å². The van der Waals surface area contributed by atoms with Crippen LogP contribution in [0, 0.1) is 0 Å². The second-order valence-electron chi connectivity index (χ2n) is 7.71. The van der Waals surface area contributed by atoms with Gasteiger partial charge in [0.2, 0.25) is 6.79 Å². The van der Waals surface area contributed by atoms with Crippen molar-refractivity contribution in [2.75, 3.05) is 25.3 Å². The van der Waals surface area contributed by atoms with Crippen LogP contribution in [-0.2, 0) is 16.0 Å². The summed E-state index contributed by atoms with van der Waals surface area (Å²) < 4.78 is 23.7. The van der Waals surface area contributed by atoms with Crippen molar-refractivity contribution < 1.29 is 29.2 Å². The summed E-state index contributed by atoms with van der Waals surface area (Å²) in [6.45, 7) is 3.48. The molecule has 3 N–H and O–H groups in total. The van der Waals surface area contributed by atoms with Crippen molar-refractivity contribution in [2.24, 2.45) is 0 Å². The van der Waals surface area contributed by atoms with Crippen molar-refractivity contribution in [1.29, 1.82) is 0 Å². The molecular formula is C21H25N5O6. The third-order valence-electron chi connectivity index (χ3n) is 5.50. The molecule has 0 radical (unpaired) electrons. The van der Waals surface area contributed by atoms with Gasteiger partial charge in [0.05, 0.1) is 12.9 Å². The highest BCUT2D eigenvalue weighted by Gasteiger charge is 2.44. The van der Waals surface area contributed by atoms with Gasteiger partial charge in [-0.2, -0.15) is 0 Å². The van der Waals surface area contributed by atoms with Crippen LogP contribution in [0.25, 0.3) is 11.2 Å². The molecule has 0 spiro atoms. The van der Waals surface area contributed by atoms with E-state index in [-0.39, 0.29) is 13.4 Å². The average molecular weight is 443 g/mol. The first-order valence-electron chi connectivity index (χ1n) is 10.5. The SMILES string of the molecule is CCCOCC1OC(n2cnc3c(NCc4ccc5c(c4)OCO5)ncnc32)C(O)C1O. The number of nitrogens with zero attached hydrogens (tertiary/aromatic N) is 4. The molecule has 0 saturated carbocycles. The lowest BCUT2D eigenvalue weighted by Gasteiger charge is -2.16. The van der Waals surface area contributed by atoms with E-state index in [1.807, 2.05) is 25.1 Å². The minimum absolute atomic E-state index is 0.201. The van der Waals surface area contributed by atoms with Gasteiger partial charge in [0.25, 0.3) is 0 Å². The fourth-order valence-corrected chi connectivity index (χ4v) is 3.84. The summed E-state index contributed by atoms with van der Waals surface area (Å²) >= 11 is 0. The summed E-state index contributed by atoms with van der Waals surface area (Å²) in [7, 11) is 0. The zero-order chi connectivity index (χ0) is 22.1. The van der Waals surface area contributed by atoms with Gasteiger partial charge in [-0.1, -0.05) is 13.0 Å². The minimum atomic E-state index is -1.14. The molecule has 1 aromatic carbocycles. The fraction of sp³-hybridized carbons (Fsp3) is 0.476. The Kier molecular flexibility index (Phi) is 5.79. The van der Waals surface area contributed by atoms with Crippen LogP contribution in [0.4, 0.5) is 5.82 Å². The van der Waals surface area contributed by atoms with Gasteiger partial charge in [0, 0.05) is 13.2 Å². The van der Waals surface area contributed by atoms with E-state index in [9.17, 15) is 10.2 Å². The second kappa shape index (κ2) is 8.87. The first kappa shape index (κ1) is 20.9. The van der Waals surface area contributed by atoms with E-state index in [0.717, 1.165) is 17.7 Å². The summed E-state index contributed by atoms with van der Waals surface area (Å²) in [5.74, 6) is 1.99. The van der Waals surface area contributed by atoms with Gasteiger partial charge in [-0.05, 0) is 24.1 Å². The molecule has 0 bridgehead atoms. The van der Waals surface area contributed by atoms with Crippen molar-refractivity contribution in [2.45, 2.75) is 44.4 Å². The Hall–Kier alpha value is -2.99. The Morgan fingerprint density at radius 1 is 1.16 bits per heavy atom. The quantitative estimate of drug-likeness (QED) is 0.436. The summed E-state index contributed by atoms with van der Waals surface area (Å²) in [6, 6.07) is 5.73. The number of imidazole rings is 1. The number of hydrogen-bond acceptors (Lipinski definition) is 10. The lowest BCUT2D eigenvalue weighted by Crippen LogP contribution is -2.33. The van der Waals surface area contributed by atoms with E-state index in [2.05, 4.69) is 20.3 Å². The average Bonchev–Trinajstić information content (AvgIpc) is 3.51. The summed E-state index contributed by atoms with van der Waals surface area (Å²) in [5, 5.41) is 24.2. The predicted octanol–water partition coefficient (Wildman–Crippen LogP) is 1.21. The van der Waals surface area contributed by atoms with E-state index in [1.54, 1.807) is 4.57 Å². The first-order valence-corrected chi connectivity index (χ1v) is 10.5. The molecule has 2 aliphatic rings. The van der Waals surface area contributed by atoms with Crippen LogP contribution in [0.1, 0.15) is 25.1 Å². The number of aliphatic hydroxyl groups excluding tert-OH is 2. The van der Waals surface area contributed by atoms with Gasteiger partial charge in [-0.25, -0.2) is 15.0 Å². The minimum Gasteiger partial charge on any atom is -0.454 e. The molecule has 4 heterocycles. The largest absolute Gasteiger partial charge is 0.454 e. The van der Waals surface area contributed by atoms with Crippen molar-refractivity contribution in [3.05, 3.63) is 36.4 Å². The van der Waals surface area contributed by atoms with Crippen LogP contribution in [0.15, 0.2) is 30.9 Å². The molecule has 2 aromatic heterocycles. The third-order valence-corrected chi connectivity index (χ3v) is 5.50. The topological polar surface area (TPSA) is 133 Å². The molecule has 32 heavy (non-hydrogen) atoms. The highest BCUT2D eigenvalue weighted by Crippen LogP contribution is 2.34. The summed E-state index contributed by atoms with van der Waals surface area (Å²) in [6.07, 6.45) is 0.136. The number of fused-ring (bicyclic) bond motifs is 2. The number of hydrogen-bond donors (Lipinski definition) is 3. The van der Waals surface area contributed by atoms with E-state index in [1.165, 1.54) is 12.7 Å². The van der Waals surface area contributed by atoms with Gasteiger partial charge in [-0.3, -0.25) is 4.57 Å². The van der Waals surface area contributed by atoms with Crippen molar-refractivity contribution in [3.63, 3.8) is 0 Å². The van der Waals surface area contributed by atoms with Crippen molar-refractivity contribution >= 4 is 17.0 Å². The molecule has 11 heteroatoms. The lowest BCUT2D eigenvalue weighted by molar-refractivity contribution is -0.0652. The molecule has 1 fully saturated rings. The lowest BCUT2D eigenvalue weighted by atomic mass is 10.1. The molecule has 170 valence electrons. The highest BCUT2D eigenvalue weighted by atomic mass is 16.7. The molecule has 0 aliphatic carbocycles. The number of anilines is 1. The number of benzene rings is 1. The monoisotopic (exact) mass is 443 g/mol. The third kappa shape index (κ3) is 3.84. The maximum absolute atomic E-state index is 10.6. The van der Waals surface area contributed by atoms with Crippen LogP contribution in [0.2, 0.25) is 0 Å². The number of rotatable bonds is 8. The smallest absolute Gasteiger partial charge is 0.231 e. The molecule has 11 nitrogen and oxygen atoms in total. The van der Waals surface area contributed by atoms with Crippen molar-refractivity contribution in [3.8, 4) is 11.5 Å². The molecule has 2 aliphatic heterocycles. The van der Waals surface area contributed by atoms with Crippen LogP contribution in [0.5, 0.6) is 11.5 Å². The van der Waals surface area contributed by atoms with Crippen LogP contribution >= 0.6 is 0 Å². The Morgan fingerprint density at radius 3 is 2.91 bits per heavy atom. The van der Waals surface area contributed by atoms with Gasteiger partial charge < -0.3 is 34.5 Å². The summed E-state index contributed by atoms with van der Waals surface area (Å²) in [5.41, 5.74) is 2.01. The fourth-order valence-electron chi connectivity index (χ4n) is 3.84. The number of ether oxygens (including phenoxy) is 4.